The molecule has 1 atom stereocenters. The lowest BCUT2D eigenvalue weighted by Crippen LogP contribution is -2.21. The molecular weight excluding hydrogens is 446 g/mol. The maximum Gasteiger partial charge on any atom is 0.340 e. The number of aromatic nitrogens is 6. The van der Waals surface area contributed by atoms with Crippen molar-refractivity contribution in [1.29, 1.82) is 0 Å². The number of aryl methyl sites for hydroxylation is 1. The van der Waals surface area contributed by atoms with Gasteiger partial charge in [-0.05, 0) is 50.2 Å². The summed E-state index contributed by atoms with van der Waals surface area (Å²) in [6, 6.07) is 10.8. The lowest BCUT2D eigenvalue weighted by molar-refractivity contribution is 0.0344. The molecule has 35 heavy (non-hydrogen) atoms. The second-order valence-corrected chi connectivity index (χ2v) is 7.93. The van der Waals surface area contributed by atoms with Gasteiger partial charge >= 0.3 is 5.97 Å². The molecule has 11 heteroatoms. The van der Waals surface area contributed by atoms with Crippen LogP contribution in [0.25, 0.3) is 11.5 Å². The number of pyridine rings is 2. The van der Waals surface area contributed by atoms with Crippen LogP contribution in [0.3, 0.4) is 0 Å². The Kier molecular flexibility index (Phi) is 6.48. The minimum atomic E-state index is -0.408. The van der Waals surface area contributed by atoms with Crippen LogP contribution in [0.4, 0.5) is 23.3 Å². The Bertz CT molecular complexity index is 1340. The maximum atomic E-state index is 12.4. The Labute approximate surface area is 201 Å². The smallest absolute Gasteiger partial charge is 0.340 e. The average molecular weight is 470 g/mol. The van der Waals surface area contributed by atoms with Gasteiger partial charge in [-0.1, -0.05) is 6.07 Å². The van der Waals surface area contributed by atoms with Crippen LogP contribution in [0.5, 0.6) is 0 Å². The first kappa shape index (κ1) is 22.3. The Morgan fingerprint density at radius 1 is 1.03 bits per heavy atom. The van der Waals surface area contributed by atoms with Crippen LogP contribution in [0.15, 0.2) is 61.2 Å². The quantitative estimate of drug-likeness (QED) is 0.344. The van der Waals surface area contributed by atoms with E-state index in [0.717, 1.165) is 18.7 Å². The van der Waals surface area contributed by atoms with Crippen molar-refractivity contribution in [3.8, 4) is 11.5 Å². The van der Waals surface area contributed by atoms with Gasteiger partial charge in [-0.3, -0.25) is 4.98 Å². The number of anilines is 4. The predicted molar refractivity (Wildman–Crippen MR) is 130 cm³/mol. The minimum Gasteiger partial charge on any atom is -0.457 e. The molecule has 1 aliphatic heterocycles. The molecule has 1 saturated heterocycles. The van der Waals surface area contributed by atoms with Crippen molar-refractivity contribution in [1.82, 2.24) is 35.2 Å². The predicted octanol–water partition coefficient (Wildman–Crippen LogP) is 3.04. The van der Waals surface area contributed by atoms with E-state index >= 15 is 0 Å². The van der Waals surface area contributed by atoms with Crippen molar-refractivity contribution in [3.63, 3.8) is 0 Å². The molecule has 1 fully saturated rings. The monoisotopic (exact) mass is 469 g/mol. The Hall–Kier alpha value is -4.51. The molecule has 4 aromatic heterocycles. The average Bonchev–Trinajstić information content (AvgIpc) is 3.38. The topological polar surface area (TPSA) is 140 Å². The van der Waals surface area contributed by atoms with Crippen LogP contribution >= 0.6 is 0 Å². The SMILES string of the molecule is Cc1cccc(-c2nccc(Nc3ccnc(Nc4cncc(C(=O)O[C@H]5CCNC5)c4)n3)n2)n1. The molecule has 0 radical (unpaired) electrons. The summed E-state index contributed by atoms with van der Waals surface area (Å²) in [6.07, 6.45) is 7.02. The van der Waals surface area contributed by atoms with Crippen LogP contribution < -0.4 is 16.0 Å². The van der Waals surface area contributed by atoms with Crippen LogP contribution in [0.2, 0.25) is 0 Å². The van der Waals surface area contributed by atoms with E-state index in [2.05, 4.69) is 45.9 Å². The lowest BCUT2D eigenvalue weighted by Gasteiger charge is -2.11. The van der Waals surface area contributed by atoms with Crippen molar-refractivity contribution in [2.45, 2.75) is 19.4 Å². The molecule has 176 valence electrons. The van der Waals surface area contributed by atoms with Crippen molar-refractivity contribution >= 4 is 29.2 Å². The number of nitrogens with zero attached hydrogens (tertiary/aromatic N) is 6. The highest BCUT2D eigenvalue weighted by molar-refractivity contribution is 5.90. The molecule has 0 bridgehead atoms. The number of nitrogens with one attached hydrogen (secondary N) is 3. The molecule has 0 spiro atoms. The highest BCUT2D eigenvalue weighted by Crippen LogP contribution is 2.19. The van der Waals surface area contributed by atoms with E-state index in [1.807, 2.05) is 25.1 Å². The van der Waals surface area contributed by atoms with Gasteiger partial charge in [0.2, 0.25) is 5.95 Å². The fourth-order valence-corrected chi connectivity index (χ4v) is 3.54. The molecule has 3 N–H and O–H groups in total. The molecule has 0 saturated carbocycles. The highest BCUT2D eigenvalue weighted by atomic mass is 16.5. The Balaban J connectivity index is 1.28. The van der Waals surface area contributed by atoms with E-state index < -0.39 is 5.97 Å². The van der Waals surface area contributed by atoms with E-state index in [4.69, 9.17) is 4.74 Å². The van der Waals surface area contributed by atoms with Crippen molar-refractivity contribution in [3.05, 3.63) is 72.4 Å². The van der Waals surface area contributed by atoms with E-state index in [9.17, 15) is 4.79 Å². The summed E-state index contributed by atoms with van der Waals surface area (Å²) in [5.74, 6) is 1.53. The molecule has 5 heterocycles. The van der Waals surface area contributed by atoms with E-state index in [1.165, 1.54) is 6.20 Å². The van der Waals surface area contributed by atoms with E-state index in [-0.39, 0.29) is 6.10 Å². The van der Waals surface area contributed by atoms with E-state index in [1.54, 1.807) is 36.8 Å². The van der Waals surface area contributed by atoms with Gasteiger partial charge in [0.05, 0.1) is 17.4 Å². The molecule has 1 aliphatic rings. The van der Waals surface area contributed by atoms with Gasteiger partial charge in [0, 0.05) is 30.8 Å². The number of carbonyl (C=O) groups is 1. The normalized spacial score (nSPS) is 14.9. The summed E-state index contributed by atoms with van der Waals surface area (Å²) in [6.45, 7) is 3.43. The third-order valence-electron chi connectivity index (χ3n) is 5.20. The second kappa shape index (κ2) is 10.2. The molecule has 5 rings (SSSR count). The van der Waals surface area contributed by atoms with Crippen LogP contribution in [-0.2, 0) is 4.74 Å². The lowest BCUT2D eigenvalue weighted by atomic mass is 10.2. The first-order valence-corrected chi connectivity index (χ1v) is 11.1. The summed E-state index contributed by atoms with van der Waals surface area (Å²) in [5, 5.41) is 9.40. The molecule has 0 unspecified atom stereocenters. The summed E-state index contributed by atoms with van der Waals surface area (Å²) in [4.78, 5) is 38.6. The second-order valence-electron chi connectivity index (χ2n) is 7.93. The summed E-state index contributed by atoms with van der Waals surface area (Å²) >= 11 is 0. The third kappa shape index (κ3) is 5.71. The number of hydrogen-bond donors (Lipinski definition) is 3. The number of rotatable bonds is 7. The van der Waals surface area contributed by atoms with Gasteiger partial charge in [0.15, 0.2) is 5.82 Å². The zero-order valence-electron chi connectivity index (χ0n) is 19.0. The van der Waals surface area contributed by atoms with Crippen molar-refractivity contribution in [2.75, 3.05) is 23.7 Å². The minimum absolute atomic E-state index is 0.116. The fourth-order valence-electron chi connectivity index (χ4n) is 3.54. The van der Waals surface area contributed by atoms with Gasteiger partial charge in [-0.2, -0.15) is 4.98 Å². The molecule has 4 aromatic rings. The van der Waals surface area contributed by atoms with Gasteiger partial charge in [-0.15, -0.1) is 0 Å². The van der Waals surface area contributed by atoms with Crippen molar-refractivity contribution in [2.24, 2.45) is 0 Å². The zero-order valence-corrected chi connectivity index (χ0v) is 19.0. The van der Waals surface area contributed by atoms with Gasteiger partial charge in [-0.25, -0.2) is 24.7 Å². The number of esters is 1. The zero-order chi connectivity index (χ0) is 24.0. The number of carbonyl (C=O) groups excluding carboxylic acids is 1. The van der Waals surface area contributed by atoms with Crippen molar-refractivity contribution < 1.29 is 9.53 Å². The molecule has 0 aromatic carbocycles. The first-order chi connectivity index (χ1) is 17.1. The van der Waals surface area contributed by atoms with E-state index in [0.29, 0.717) is 46.9 Å². The van der Waals surface area contributed by atoms with Crippen LogP contribution in [0.1, 0.15) is 22.5 Å². The summed E-state index contributed by atoms with van der Waals surface area (Å²) in [5.41, 5.74) is 2.50. The number of ether oxygens (including phenoxy) is 1. The van der Waals surface area contributed by atoms with Crippen LogP contribution in [-0.4, -0.2) is 55.1 Å². The van der Waals surface area contributed by atoms with Crippen LogP contribution in [0, 0.1) is 6.92 Å². The number of hydrogen-bond acceptors (Lipinski definition) is 11. The molecule has 11 nitrogen and oxygen atoms in total. The summed E-state index contributed by atoms with van der Waals surface area (Å²) < 4.78 is 5.51. The molecule has 0 aliphatic carbocycles. The van der Waals surface area contributed by atoms with Gasteiger partial charge in [0.1, 0.15) is 23.4 Å². The maximum absolute atomic E-state index is 12.4. The molecule has 0 amide bonds. The van der Waals surface area contributed by atoms with Gasteiger partial charge in [0.25, 0.3) is 0 Å². The first-order valence-electron chi connectivity index (χ1n) is 11.1. The standard InChI is InChI=1S/C24H23N9O2/c1-15-3-2-4-19(29-15)22-27-9-6-20(32-22)31-21-7-10-28-24(33-21)30-17-11-16(12-26-13-17)23(34)35-18-5-8-25-14-18/h2-4,6-7,9-13,18,25H,5,8,14H2,1H3,(H2,27,28,30,31,32,33)/t18-/m0/s1. The Morgan fingerprint density at radius 3 is 2.71 bits per heavy atom. The Morgan fingerprint density at radius 2 is 1.89 bits per heavy atom. The third-order valence-corrected chi connectivity index (χ3v) is 5.20. The summed E-state index contributed by atoms with van der Waals surface area (Å²) in [7, 11) is 0. The highest BCUT2D eigenvalue weighted by Gasteiger charge is 2.20. The fraction of sp³-hybridized carbons (Fsp3) is 0.208. The largest absolute Gasteiger partial charge is 0.457 e. The molecular formula is C24H23N9O2. The van der Waals surface area contributed by atoms with Gasteiger partial charge < -0.3 is 20.7 Å².